The molecule has 11 heavy (non-hydrogen) atoms. The molecule has 0 unspecified atom stereocenters. The standard InChI is InChI=1S/C8H8Br2O/c1-5-2-6(4-11)8(10)7(9)3-5/h2-3,11H,4H2,1H3. The van der Waals surface area contributed by atoms with Crippen LogP contribution in [0.5, 0.6) is 0 Å². The molecule has 0 fully saturated rings. The molecule has 0 spiro atoms. The summed E-state index contributed by atoms with van der Waals surface area (Å²) in [4.78, 5) is 0. The highest BCUT2D eigenvalue weighted by atomic mass is 79.9. The summed E-state index contributed by atoms with van der Waals surface area (Å²) in [5.41, 5.74) is 2.06. The van der Waals surface area contributed by atoms with Crippen molar-refractivity contribution in [1.82, 2.24) is 0 Å². The van der Waals surface area contributed by atoms with Crippen molar-refractivity contribution in [3.63, 3.8) is 0 Å². The van der Waals surface area contributed by atoms with Crippen LogP contribution in [0.1, 0.15) is 11.1 Å². The Morgan fingerprint density at radius 1 is 1.36 bits per heavy atom. The van der Waals surface area contributed by atoms with E-state index in [1.165, 1.54) is 0 Å². The predicted molar refractivity (Wildman–Crippen MR) is 52.5 cm³/mol. The van der Waals surface area contributed by atoms with Crippen molar-refractivity contribution in [2.24, 2.45) is 0 Å². The summed E-state index contributed by atoms with van der Waals surface area (Å²) in [6.45, 7) is 2.07. The van der Waals surface area contributed by atoms with Crippen LogP contribution in [0.15, 0.2) is 21.1 Å². The van der Waals surface area contributed by atoms with E-state index < -0.39 is 0 Å². The van der Waals surface area contributed by atoms with Crippen LogP contribution in [0, 0.1) is 6.92 Å². The number of halogens is 2. The van der Waals surface area contributed by atoms with Gasteiger partial charge in [0.1, 0.15) is 0 Å². The van der Waals surface area contributed by atoms with Crippen molar-refractivity contribution in [3.05, 3.63) is 32.2 Å². The first kappa shape index (κ1) is 9.23. The van der Waals surface area contributed by atoms with Crippen LogP contribution in [0.4, 0.5) is 0 Å². The smallest absolute Gasteiger partial charge is 0.0693 e. The largest absolute Gasteiger partial charge is 0.392 e. The maximum absolute atomic E-state index is 8.92. The van der Waals surface area contributed by atoms with E-state index in [2.05, 4.69) is 31.9 Å². The molecule has 1 N–H and O–H groups in total. The molecular formula is C8H8Br2O. The highest BCUT2D eigenvalue weighted by Crippen LogP contribution is 2.28. The second-order valence-corrected chi connectivity index (χ2v) is 4.03. The van der Waals surface area contributed by atoms with Crippen LogP contribution in [0.3, 0.4) is 0 Å². The number of aliphatic hydroxyl groups excluding tert-OH is 1. The van der Waals surface area contributed by atoms with Crippen LogP contribution >= 0.6 is 31.9 Å². The SMILES string of the molecule is Cc1cc(Br)c(Br)c(CO)c1. The Hall–Kier alpha value is 0.140. The van der Waals surface area contributed by atoms with E-state index in [0.717, 1.165) is 20.1 Å². The third-order valence-electron chi connectivity index (χ3n) is 1.42. The van der Waals surface area contributed by atoms with Gasteiger partial charge in [0, 0.05) is 8.95 Å². The van der Waals surface area contributed by atoms with E-state index >= 15 is 0 Å². The minimum atomic E-state index is 0.0703. The van der Waals surface area contributed by atoms with Crippen molar-refractivity contribution in [2.75, 3.05) is 0 Å². The number of hydrogen-bond donors (Lipinski definition) is 1. The molecule has 1 nitrogen and oxygen atoms in total. The zero-order valence-electron chi connectivity index (χ0n) is 6.06. The number of aryl methyl sites for hydroxylation is 1. The highest BCUT2D eigenvalue weighted by molar-refractivity contribution is 9.13. The normalized spacial score (nSPS) is 10.2. The van der Waals surface area contributed by atoms with Crippen molar-refractivity contribution in [2.45, 2.75) is 13.5 Å². The molecule has 1 rings (SSSR count). The lowest BCUT2D eigenvalue weighted by molar-refractivity contribution is 0.281. The van der Waals surface area contributed by atoms with Crippen LogP contribution in [0.25, 0.3) is 0 Å². The van der Waals surface area contributed by atoms with Gasteiger partial charge in [0.15, 0.2) is 0 Å². The monoisotopic (exact) mass is 278 g/mol. The molecule has 1 aromatic rings. The van der Waals surface area contributed by atoms with Gasteiger partial charge in [0.25, 0.3) is 0 Å². The first-order chi connectivity index (χ1) is 5.15. The molecule has 1 aromatic carbocycles. The Labute approximate surface area is 82.7 Å². The summed E-state index contributed by atoms with van der Waals surface area (Å²) in [5.74, 6) is 0. The summed E-state index contributed by atoms with van der Waals surface area (Å²) in [5, 5.41) is 8.92. The topological polar surface area (TPSA) is 20.2 Å². The van der Waals surface area contributed by atoms with Crippen molar-refractivity contribution in [3.8, 4) is 0 Å². The van der Waals surface area contributed by atoms with Crippen LogP contribution in [-0.2, 0) is 6.61 Å². The van der Waals surface area contributed by atoms with E-state index in [4.69, 9.17) is 5.11 Å². The average Bonchev–Trinajstić information content (AvgIpc) is 1.96. The van der Waals surface area contributed by atoms with Gasteiger partial charge in [-0.3, -0.25) is 0 Å². The van der Waals surface area contributed by atoms with Gasteiger partial charge in [0.05, 0.1) is 6.61 Å². The van der Waals surface area contributed by atoms with Gasteiger partial charge in [-0.05, 0) is 56.0 Å². The fraction of sp³-hybridized carbons (Fsp3) is 0.250. The summed E-state index contributed by atoms with van der Waals surface area (Å²) in [7, 11) is 0. The third kappa shape index (κ3) is 2.04. The van der Waals surface area contributed by atoms with Crippen LogP contribution in [-0.4, -0.2) is 5.11 Å². The first-order valence-corrected chi connectivity index (χ1v) is 4.79. The molecule has 0 aliphatic rings. The second kappa shape index (κ2) is 3.70. The molecule has 0 saturated heterocycles. The summed E-state index contributed by atoms with van der Waals surface area (Å²) >= 11 is 6.75. The van der Waals surface area contributed by atoms with E-state index in [1.54, 1.807) is 0 Å². The lowest BCUT2D eigenvalue weighted by Gasteiger charge is -2.04. The van der Waals surface area contributed by atoms with Crippen molar-refractivity contribution in [1.29, 1.82) is 0 Å². The Morgan fingerprint density at radius 3 is 2.55 bits per heavy atom. The van der Waals surface area contributed by atoms with Crippen molar-refractivity contribution >= 4 is 31.9 Å². The molecule has 0 heterocycles. The van der Waals surface area contributed by atoms with E-state index in [0.29, 0.717) is 0 Å². The molecule has 0 aliphatic carbocycles. The highest BCUT2D eigenvalue weighted by Gasteiger charge is 2.02. The molecule has 0 bridgehead atoms. The maximum Gasteiger partial charge on any atom is 0.0693 e. The number of aliphatic hydroxyl groups is 1. The fourth-order valence-corrected chi connectivity index (χ4v) is 1.88. The van der Waals surface area contributed by atoms with Gasteiger partial charge < -0.3 is 5.11 Å². The molecule has 0 radical (unpaired) electrons. The lowest BCUT2D eigenvalue weighted by Crippen LogP contribution is -1.87. The first-order valence-electron chi connectivity index (χ1n) is 3.20. The second-order valence-electron chi connectivity index (χ2n) is 2.38. The molecule has 0 amide bonds. The van der Waals surface area contributed by atoms with Crippen LogP contribution in [0.2, 0.25) is 0 Å². The quantitative estimate of drug-likeness (QED) is 0.838. The Bertz CT molecular complexity index is 271. The van der Waals surface area contributed by atoms with Crippen LogP contribution < -0.4 is 0 Å². The minimum absolute atomic E-state index is 0.0703. The van der Waals surface area contributed by atoms with Gasteiger partial charge in [-0.25, -0.2) is 0 Å². The molecule has 0 aliphatic heterocycles. The number of benzene rings is 1. The fourth-order valence-electron chi connectivity index (χ4n) is 0.912. The molecular weight excluding hydrogens is 272 g/mol. The zero-order valence-corrected chi connectivity index (χ0v) is 9.24. The lowest BCUT2D eigenvalue weighted by atomic mass is 10.1. The van der Waals surface area contributed by atoms with E-state index in [1.807, 2.05) is 19.1 Å². The summed E-state index contributed by atoms with van der Waals surface area (Å²) in [6, 6.07) is 3.96. The number of hydrogen-bond acceptors (Lipinski definition) is 1. The maximum atomic E-state index is 8.92. The molecule has 0 saturated carbocycles. The zero-order chi connectivity index (χ0) is 8.43. The third-order valence-corrected chi connectivity index (χ3v) is 3.51. The number of rotatable bonds is 1. The Morgan fingerprint density at radius 2 is 2.00 bits per heavy atom. The molecule has 3 heteroatoms. The van der Waals surface area contributed by atoms with Gasteiger partial charge in [0.2, 0.25) is 0 Å². The molecule has 0 aromatic heterocycles. The molecule has 0 atom stereocenters. The summed E-state index contributed by atoms with van der Waals surface area (Å²) in [6.07, 6.45) is 0. The summed E-state index contributed by atoms with van der Waals surface area (Å²) < 4.78 is 1.92. The Balaban J connectivity index is 3.24. The van der Waals surface area contributed by atoms with E-state index in [-0.39, 0.29) is 6.61 Å². The van der Waals surface area contributed by atoms with Gasteiger partial charge in [-0.15, -0.1) is 0 Å². The van der Waals surface area contributed by atoms with Gasteiger partial charge in [-0.2, -0.15) is 0 Å². The average molecular weight is 280 g/mol. The van der Waals surface area contributed by atoms with Crippen molar-refractivity contribution < 1.29 is 5.11 Å². The van der Waals surface area contributed by atoms with Gasteiger partial charge >= 0.3 is 0 Å². The Kier molecular flexibility index (Phi) is 3.10. The molecule has 60 valence electrons. The van der Waals surface area contributed by atoms with Gasteiger partial charge in [-0.1, -0.05) is 6.07 Å². The predicted octanol–water partition coefficient (Wildman–Crippen LogP) is 3.01. The van der Waals surface area contributed by atoms with E-state index in [9.17, 15) is 0 Å². The minimum Gasteiger partial charge on any atom is -0.392 e.